The maximum absolute atomic E-state index is 13.5. The molecule has 5 aromatic rings. The van der Waals surface area contributed by atoms with Crippen LogP contribution >= 0.6 is 11.8 Å². The molecule has 2 N–H and O–H groups in total. The van der Waals surface area contributed by atoms with Gasteiger partial charge in [-0.2, -0.15) is 0 Å². The summed E-state index contributed by atoms with van der Waals surface area (Å²) in [6.07, 6.45) is 0. The molecule has 36 heavy (non-hydrogen) atoms. The van der Waals surface area contributed by atoms with Gasteiger partial charge < -0.3 is 5.32 Å². The molecule has 0 unspecified atom stereocenters. The number of amides is 3. The fraction of sp³-hybridized carbons (Fsp3) is 0.115. The highest BCUT2D eigenvalue weighted by molar-refractivity contribution is 7.99. The predicted molar refractivity (Wildman–Crippen MR) is 140 cm³/mol. The van der Waals surface area contributed by atoms with Crippen molar-refractivity contribution >= 4 is 46.1 Å². The van der Waals surface area contributed by atoms with E-state index >= 15 is 0 Å². The van der Waals surface area contributed by atoms with E-state index in [0.717, 1.165) is 22.9 Å². The third-order valence-electron chi connectivity index (χ3n) is 5.60. The summed E-state index contributed by atoms with van der Waals surface area (Å²) in [5.41, 5.74) is 3.73. The third kappa shape index (κ3) is 4.46. The van der Waals surface area contributed by atoms with Crippen molar-refractivity contribution < 1.29 is 9.59 Å². The highest BCUT2D eigenvalue weighted by Crippen LogP contribution is 2.24. The second-order valence-corrected chi connectivity index (χ2v) is 9.17. The van der Waals surface area contributed by atoms with Crippen LogP contribution in [-0.4, -0.2) is 36.9 Å². The molecule has 0 radical (unpaired) electrons. The fourth-order valence-electron chi connectivity index (χ4n) is 4.02. The van der Waals surface area contributed by atoms with Gasteiger partial charge in [-0.15, -0.1) is 10.2 Å². The van der Waals surface area contributed by atoms with Gasteiger partial charge in [-0.05, 0) is 49.7 Å². The van der Waals surface area contributed by atoms with Crippen molar-refractivity contribution in [2.24, 2.45) is 0 Å². The first kappa shape index (κ1) is 23.3. The molecule has 0 aliphatic heterocycles. The number of anilines is 1. The number of thioether (sulfide) groups is 1. The SMILES string of the molecule is Cc1ccc(-n2c(=O)c3ccccc3n3c(SCC(=O)NC(=O)Nc4ccccc4)nnc23)c(C)c1. The number of nitrogens with one attached hydrogen (secondary N) is 2. The number of imide groups is 1. The number of rotatable bonds is 5. The van der Waals surface area contributed by atoms with Crippen LogP contribution in [0.1, 0.15) is 11.1 Å². The lowest BCUT2D eigenvalue weighted by atomic mass is 10.1. The van der Waals surface area contributed by atoms with E-state index < -0.39 is 11.9 Å². The summed E-state index contributed by atoms with van der Waals surface area (Å²) < 4.78 is 3.31. The first-order valence-electron chi connectivity index (χ1n) is 11.2. The summed E-state index contributed by atoms with van der Waals surface area (Å²) in [6, 6.07) is 21.3. The van der Waals surface area contributed by atoms with Crippen LogP contribution in [0.2, 0.25) is 0 Å². The van der Waals surface area contributed by atoms with Gasteiger partial charge in [-0.3, -0.25) is 19.3 Å². The second-order valence-electron chi connectivity index (χ2n) is 8.22. The molecule has 0 atom stereocenters. The van der Waals surface area contributed by atoms with Crippen LogP contribution in [0.3, 0.4) is 0 Å². The Morgan fingerprint density at radius 2 is 1.69 bits per heavy atom. The Labute approximate surface area is 210 Å². The Bertz CT molecular complexity index is 1680. The molecule has 180 valence electrons. The van der Waals surface area contributed by atoms with Crippen LogP contribution in [-0.2, 0) is 4.79 Å². The van der Waals surface area contributed by atoms with Gasteiger partial charge in [0.1, 0.15) is 0 Å². The quantitative estimate of drug-likeness (QED) is 0.353. The van der Waals surface area contributed by atoms with Gasteiger partial charge in [0.25, 0.3) is 5.56 Å². The van der Waals surface area contributed by atoms with Gasteiger partial charge in [0.05, 0.1) is 22.3 Å². The Morgan fingerprint density at radius 3 is 2.47 bits per heavy atom. The van der Waals surface area contributed by atoms with Gasteiger partial charge >= 0.3 is 6.03 Å². The van der Waals surface area contributed by atoms with Crippen molar-refractivity contribution in [1.29, 1.82) is 0 Å². The zero-order valence-corrected chi connectivity index (χ0v) is 20.4. The molecule has 10 heteroatoms. The van der Waals surface area contributed by atoms with Gasteiger partial charge in [-0.25, -0.2) is 9.36 Å². The summed E-state index contributed by atoms with van der Waals surface area (Å²) in [6.45, 7) is 3.93. The molecule has 0 aliphatic rings. The molecule has 9 nitrogen and oxygen atoms in total. The smallest absolute Gasteiger partial charge is 0.308 e. The molecular weight excluding hydrogens is 476 g/mol. The van der Waals surface area contributed by atoms with Gasteiger partial charge in [-0.1, -0.05) is 59.8 Å². The van der Waals surface area contributed by atoms with Crippen molar-refractivity contribution in [3.63, 3.8) is 0 Å². The van der Waals surface area contributed by atoms with Crippen LogP contribution in [0.15, 0.2) is 82.7 Å². The van der Waals surface area contributed by atoms with Crippen LogP contribution in [0, 0.1) is 13.8 Å². The van der Waals surface area contributed by atoms with Crippen LogP contribution < -0.4 is 16.2 Å². The normalized spacial score (nSPS) is 11.1. The van der Waals surface area contributed by atoms with Crippen molar-refractivity contribution in [3.8, 4) is 5.69 Å². The van der Waals surface area contributed by atoms with Crippen molar-refractivity contribution in [2.45, 2.75) is 19.0 Å². The Morgan fingerprint density at radius 1 is 0.944 bits per heavy atom. The van der Waals surface area contributed by atoms with E-state index in [1.807, 2.05) is 50.2 Å². The molecule has 3 aromatic carbocycles. The summed E-state index contributed by atoms with van der Waals surface area (Å²) in [5, 5.41) is 14.4. The molecule has 0 aliphatic carbocycles. The van der Waals surface area contributed by atoms with E-state index in [1.54, 1.807) is 45.4 Å². The highest BCUT2D eigenvalue weighted by Gasteiger charge is 2.20. The fourth-order valence-corrected chi connectivity index (χ4v) is 4.76. The topological polar surface area (TPSA) is 110 Å². The van der Waals surface area contributed by atoms with E-state index in [9.17, 15) is 14.4 Å². The monoisotopic (exact) mass is 498 g/mol. The molecule has 0 fully saturated rings. The zero-order valence-electron chi connectivity index (χ0n) is 19.6. The van der Waals surface area contributed by atoms with E-state index in [0.29, 0.717) is 33.2 Å². The molecule has 2 aromatic heterocycles. The Balaban J connectivity index is 1.47. The molecular formula is C26H22N6O3S. The molecule has 3 amide bonds. The Hall–Kier alpha value is -4.44. The predicted octanol–water partition coefficient (Wildman–Crippen LogP) is 4.09. The van der Waals surface area contributed by atoms with Crippen LogP contribution in [0.4, 0.5) is 10.5 Å². The maximum Gasteiger partial charge on any atom is 0.325 e. The second kappa shape index (κ2) is 9.67. The standard InChI is InChI=1S/C26H22N6O3S/c1-16-12-13-20(17(2)14-16)31-23(34)19-10-6-7-11-21(19)32-25(31)29-30-26(32)36-15-22(33)28-24(35)27-18-8-4-3-5-9-18/h3-14H,15H2,1-2H3,(H2,27,28,33,35). The van der Waals surface area contributed by atoms with Crippen molar-refractivity contribution in [3.05, 3.63) is 94.3 Å². The highest BCUT2D eigenvalue weighted by atomic mass is 32.2. The van der Waals surface area contributed by atoms with Gasteiger partial charge in [0.2, 0.25) is 11.7 Å². The molecule has 5 rings (SSSR count). The first-order chi connectivity index (χ1) is 17.4. The largest absolute Gasteiger partial charge is 0.325 e. The summed E-state index contributed by atoms with van der Waals surface area (Å²) in [5.74, 6) is -0.215. The number of urea groups is 1. The number of aromatic nitrogens is 4. The maximum atomic E-state index is 13.5. The zero-order chi connectivity index (χ0) is 25.2. The minimum absolute atomic E-state index is 0.0694. The first-order valence-corrected chi connectivity index (χ1v) is 12.2. The van der Waals surface area contributed by atoms with Gasteiger partial charge in [0, 0.05) is 5.69 Å². The number of benzene rings is 3. The lowest BCUT2D eigenvalue weighted by molar-refractivity contribution is -0.117. The minimum Gasteiger partial charge on any atom is -0.308 e. The number of para-hydroxylation sites is 2. The number of aryl methyl sites for hydroxylation is 2. The number of hydrogen-bond donors (Lipinski definition) is 2. The summed E-state index contributed by atoms with van der Waals surface area (Å²) in [7, 11) is 0. The number of carbonyl (C=O) groups excluding carboxylic acids is 2. The van der Waals surface area contributed by atoms with Crippen LogP contribution in [0.5, 0.6) is 0 Å². The number of fused-ring (bicyclic) bond motifs is 3. The lowest BCUT2D eigenvalue weighted by Gasteiger charge is -2.13. The summed E-state index contributed by atoms with van der Waals surface area (Å²) >= 11 is 1.13. The van der Waals surface area contributed by atoms with E-state index in [1.165, 1.54) is 0 Å². The molecule has 0 saturated carbocycles. The third-order valence-corrected chi connectivity index (χ3v) is 6.53. The van der Waals surface area contributed by atoms with Crippen molar-refractivity contribution in [1.82, 2.24) is 24.5 Å². The van der Waals surface area contributed by atoms with Crippen molar-refractivity contribution in [2.75, 3.05) is 11.1 Å². The number of hydrogen-bond acceptors (Lipinski definition) is 6. The minimum atomic E-state index is -0.618. The molecule has 2 heterocycles. The lowest BCUT2D eigenvalue weighted by Crippen LogP contribution is -2.35. The van der Waals surface area contributed by atoms with Gasteiger partial charge in [0.15, 0.2) is 5.16 Å². The summed E-state index contributed by atoms with van der Waals surface area (Å²) in [4.78, 5) is 38.1. The number of carbonyl (C=O) groups is 2. The Kier molecular flexibility index (Phi) is 6.26. The van der Waals surface area contributed by atoms with Crippen LogP contribution in [0.25, 0.3) is 22.4 Å². The molecule has 0 bridgehead atoms. The molecule has 0 spiro atoms. The number of nitrogens with zero attached hydrogens (tertiary/aromatic N) is 4. The van der Waals surface area contributed by atoms with E-state index in [2.05, 4.69) is 20.8 Å². The average molecular weight is 499 g/mol. The average Bonchev–Trinajstić information content (AvgIpc) is 3.28. The van der Waals surface area contributed by atoms with E-state index in [-0.39, 0.29) is 11.3 Å². The molecule has 0 saturated heterocycles. The van der Waals surface area contributed by atoms with E-state index in [4.69, 9.17) is 0 Å².